The van der Waals surface area contributed by atoms with E-state index in [2.05, 4.69) is 5.10 Å². The van der Waals surface area contributed by atoms with E-state index in [9.17, 15) is 9.59 Å². The van der Waals surface area contributed by atoms with Gasteiger partial charge in [-0.05, 0) is 32.4 Å². The van der Waals surface area contributed by atoms with Crippen LogP contribution in [0.4, 0.5) is 0 Å². The van der Waals surface area contributed by atoms with Crippen LogP contribution in [-0.2, 0) is 19.7 Å². The molecule has 1 amide bonds. The Kier molecular flexibility index (Phi) is 4.45. The zero-order valence-corrected chi connectivity index (χ0v) is 13.3. The van der Waals surface area contributed by atoms with E-state index in [1.807, 2.05) is 30.3 Å². The normalized spacial score (nSPS) is 21.0. The third kappa shape index (κ3) is 2.54. The lowest BCUT2D eigenvalue weighted by Crippen LogP contribution is -2.47. The van der Waals surface area contributed by atoms with Crippen LogP contribution in [0, 0.1) is 0 Å². The average molecular weight is 300 g/mol. The summed E-state index contributed by atoms with van der Waals surface area (Å²) in [4.78, 5) is 24.4. The minimum absolute atomic E-state index is 0.196. The molecule has 0 aromatic heterocycles. The van der Waals surface area contributed by atoms with Crippen LogP contribution in [0.25, 0.3) is 0 Å². The molecule has 1 aliphatic rings. The summed E-state index contributed by atoms with van der Waals surface area (Å²) < 4.78 is 5.29. The molecule has 5 nitrogen and oxygen atoms in total. The molecule has 0 saturated carbocycles. The molecule has 1 aliphatic heterocycles. The van der Waals surface area contributed by atoms with E-state index in [1.165, 1.54) is 11.9 Å². The second kappa shape index (κ2) is 6.13. The molecule has 0 aliphatic carbocycles. The van der Waals surface area contributed by atoms with Crippen molar-refractivity contribution in [2.24, 2.45) is 5.10 Å². The van der Waals surface area contributed by atoms with Crippen LogP contribution in [0.3, 0.4) is 0 Å². The SMILES string of the molecule is CCOC(=O)C1(c2ccccc2)C=C(C)N(C(C)=O)N=C1C. The van der Waals surface area contributed by atoms with Crippen molar-refractivity contribution in [3.05, 3.63) is 47.7 Å². The standard InChI is InChI=1S/C17H20N2O3/c1-5-22-16(21)17(15-9-7-6-8-10-15)11-12(2)19(14(4)20)18-13(17)3/h6-11H,5H2,1-4H3. The highest BCUT2D eigenvalue weighted by Gasteiger charge is 2.46. The molecule has 22 heavy (non-hydrogen) atoms. The van der Waals surface area contributed by atoms with E-state index in [0.717, 1.165) is 5.56 Å². The van der Waals surface area contributed by atoms with Gasteiger partial charge in [-0.3, -0.25) is 9.59 Å². The molecule has 116 valence electrons. The summed E-state index contributed by atoms with van der Waals surface area (Å²) in [5, 5.41) is 5.63. The predicted molar refractivity (Wildman–Crippen MR) is 84.1 cm³/mol. The Morgan fingerprint density at radius 2 is 1.86 bits per heavy atom. The Hall–Kier alpha value is -2.43. The van der Waals surface area contributed by atoms with Gasteiger partial charge in [0.05, 0.1) is 12.3 Å². The second-order valence-electron chi connectivity index (χ2n) is 5.20. The third-order valence-corrected chi connectivity index (χ3v) is 3.70. The topological polar surface area (TPSA) is 59.0 Å². The van der Waals surface area contributed by atoms with Crippen LogP contribution in [0.1, 0.15) is 33.3 Å². The number of carbonyl (C=O) groups excluding carboxylic acids is 2. The quantitative estimate of drug-likeness (QED) is 0.806. The first-order valence-corrected chi connectivity index (χ1v) is 7.22. The van der Waals surface area contributed by atoms with Crippen molar-refractivity contribution in [3.63, 3.8) is 0 Å². The molecule has 0 bridgehead atoms. The lowest BCUT2D eigenvalue weighted by Gasteiger charge is -2.35. The molecule has 0 radical (unpaired) electrons. The molecule has 1 aromatic carbocycles. The Balaban J connectivity index is 2.64. The number of nitrogens with zero attached hydrogens (tertiary/aromatic N) is 2. The maximum absolute atomic E-state index is 12.7. The summed E-state index contributed by atoms with van der Waals surface area (Å²) in [6.07, 6.45) is 1.75. The van der Waals surface area contributed by atoms with Gasteiger partial charge in [-0.25, -0.2) is 5.01 Å². The largest absolute Gasteiger partial charge is 0.465 e. The Morgan fingerprint density at radius 1 is 1.23 bits per heavy atom. The fraction of sp³-hybridized carbons (Fsp3) is 0.353. The zero-order chi connectivity index (χ0) is 16.3. The van der Waals surface area contributed by atoms with Crippen LogP contribution in [0.2, 0.25) is 0 Å². The second-order valence-corrected chi connectivity index (χ2v) is 5.20. The highest BCUT2D eigenvalue weighted by atomic mass is 16.5. The lowest BCUT2D eigenvalue weighted by molar-refractivity contribution is -0.146. The number of hydrogen-bond acceptors (Lipinski definition) is 4. The summed E-state index contributed by atoms with van der Waals surface area (Å²) in [6, 6.07) is 9.34. The van der Waals surface area contributed by atoms with Crippen molar-refractivity contribution in [1.82, 2.24) is 5.01 Å². The predicted octanol–water partition coefficient (Wildman–Crippen LogP) is 2.63. The average Bonchev–Trinajstić information content (AvgIpc) is 2.50. The molecule has 1 aromatic rings. The van der Waals surface area contributed by atoms with Gasteiger partial charge in [0.2, 0.25) is 5.91 Å². The molecule has 2 rings (SSSR count). The Bertz CT molecular complexity index is 649. The van der Waals surface area contributed by atoms with Gasteiger partial charge < -0.3 is 4.74 Å². The van der Waals surface area contributed by atoms with E-state index >= 15 is 0 Å². The van der Waals surface area contributed by atoms with Crippen LogP contribution in [-0.4, -0.2) is 29.2 Å². The maximum Gasteiger partial charge on any atom is 0.326 e. The summed E-state index contributed by atoms with van der Waals surface area (Å²) in [5.74, 6) is -0.580. The Labute approximate surface area is 130 Å². The summed E-state index contributed by atoms with van der Waals surface area (Å²) >= 11 is 0. The number of benzene rings is 1. The molecule has 1 heterocycles. The summed E-state index contributed by atoms with van der Waals surface area (Å²) in [7, 11) is 0. The fourth-order valence-electron chi connectivity index (χ4n) is 2.67. The number of hydrazone groups is 1. The molecule has 1 unspecified atom stereocenters. The first kappa shape index (κ1) is 15.9. The number of hydrogen-bond donors (Lipinski definition) is 0. The highest BCUT2D eigenvalue weighted by Crippen LogP contribution is 2.35. The third-order valence-electron chi connectivity index (χ3n) is 3.70. The maximum atomic E-state index is 12.7. The molecule has 0 fully saturated rings. The summed E-state index contributed by atoms with van der Waals surface area (Å²) in [5.41, 5.74) is 0.804. The van der Waals surface area contributed by atoms with Gasteiger partial charge >= 0.3 is 5.97 Å². The molecular weight excluding hydrogens is 280 g/mol. The van der Waals surface area contributed by atoms with E-state index in [-0.39, 0.29) is 18.5 Å². The van der Waals surface area contributed by atoms with Crippen LogP contribution in [0.5, 0.6) is 0 Å². The van der Waals surface area contributed by atoms with Gasteiger partial charge in [0.15, 0.2) is 5.41 Å². The van der Waals surface area contributed by atoms with Gasteiger partial charge in [0.25, 0.3) is 0 Å². The number of ether oxygens (including phenoxy) is 1. The van der Waals surface area contributed by atoms with Crippen LogP contribution >= 0.6 is 0 Å². The summed E-state index contributed by atoms with van der Waals surface area (Å²) in [6.45, 7) is 6.99. The lowest BCUT2D eigenvalue weighted by atomic mass is 9.75. The molecule has 0 saturated heterocycles. The minimum atomic E-state index is -1.09. The molecule has 0 N–H and O–H groups in total. The smallest absolute Gasteiger partial charge is 0.326 e. The number of allylic oxidation sites excluding steroid dienone is 1. The van der Waals surface area contributed by atoms with E-state index in [4.69, 9.17) is 4.74 Å². The van der Waals surface area contributed by atoms with Crippen LogP contribution < -0.4 is 0 Å². The van der Waals surface area contributed by atoms with Gasteiger partial charge in [-0.1, -0.05) is 30.3 Å². The monoisotopic (exact) mass is 300 g/mol. The van der Waals surface area contributed by atoms with E-state index < -0.39 is 5.41 Å². The van der Waals surface area contributed by atoms with Crippen LogP contribution in [0.15, 0.2) is 47.2 Å². The zero-order valence-electron chi connectivity index (χ0n) is 13.3. The van der Waals surface area contributed by atoms with Crippen molar-refractivity contribution in [3.8, 4) is 0 Å². The number of esters is 1. The van der Waals surface area contributed by atoms with Crippen molar-refractivity contribution < 1.29 is 14.3 Å². The first-order valence-electron chi connectivity index (χ1n) is 7.22. The van der Waals surface area contributed by atoms with E-state index in [0.29, 0.717) is 11.4 Å². The van der Waals surface area contributed by atoms with Crippen molar-refractivity contribution >= 4 is 17.6 Å². The van der Waals surface area contributed by atoms with Crippen molar-refractivity contribution in [2.75, 3.05) is 6.61 Å². The van der Waals surface area contributed by atoms with Gasteiger partial charge in [0, 0.05) is 12.6 Å². The minimum Gasteiger partial charge on any atom is -0.465 e. The van der Waals surface area contributed by atoms with Gasteiger partial charge in [0.1, 0.15) is 0 Å². The first-order chi connectivity index (χ1) is 10.4. The molecule has 1 atom stereocenters. The molecule has 5 heteroatoms. The van der Waals surface area contributed by atoms with Crippen molar-refractivity contribution in [2.45, 2.75) is 33.1 Å². The fourth-order valence-corrected chi connectivity index (χ4v) is 2.67. The Morgan fingerprint density at radius 3 is 2.41 bits per heavy atom. The number of carbonyl (C=O) groups is 2. The van der Waals surface area contributed by atoms with Crippen molar-refractivity contribution in [1.29, 1.82) is 0 Å². The number of amides is 1. The van der Waals surface area contributed by atoms with Gasteiger partial charge in [-0.15, -0.1) is 0 Å². The van der Waals surface area contributed by atoms with Gasteiger partial charge in [-0.2, -0.15) is 5.10 Å². The van der Waals surface area contributed by atoms with E-state index in [1.54, 1.807) is 26.8 Å². The molecular formula is C17H20N2O3. The number of rotatable bonds is 3. The molecule has 0 spiro atoms. The highest BCUT2D eigenvalue weighted by molar-refractivity contribution is 6.14.